The molecule has 128 valence electrons. The smallest absolute Gasteiger partial charge is 0.261 e. The highest BCUT2D eigenvalue weighted by Crippen LogP contribution is 2.47. The van der Waals surface area contributed by atoms with Crippen molar-refractivity contribution in [2.45, 2.75) is 25.8 Å². The monoisotopic (exact) mass is 338 g/mol. The molecule has 0 aliphatic heterocycles. The Morgan fingerprint density at radius 1 is 1.28 bits per heavy atom. The van der Waals surface area contributed by atoms with Gasteiger partial charge in [-0.2, -0.15) is 0 Å². The van der Waals surface area contributed by atoms with E-state index in [0.717, 1.165) is 12.2 Å². The summed E-state index contributed by atoms with van der Waals surface area (Å²) in [5.41, 5.74) is 0.122. The summed E-state index contributed by atoms with van der Waals surface area (Å²) >= 11 is 0. The van der Waals surface area contributed by atoms with E-state index in [-0.39, 0.29) is 12.1 Å². The predicted molar refractivity (Wildman–Crippen MR) is 91.2 cm³/mol. The van der Waals surface area contributed by atoms with Gasteiger partial charge < -0.3 is 19.1 Å². The molecule has 4 rings (SSSR count). The Hall–Kier alpha value is -3.02. The molecule has 1 amide bonds. The van der Waals surface area contributed by atoms with Crippen LogP contribution < -0.4 is 10.9 Å². The maximum Gasteiger partial charge on any atom is 0.261 e. The van der Waals surface area contributed by atoms with Crippen LogP contribution in [0.2, 0.25) is 0 Å². The Morgan fingerprint density at radius 3 is 2.80 bits per heavy atom. The lowest BCUT2D eigenvalue weighted by Crippen LogP contribution is -2.29. The first kappa shape index (κ1) is 15.5. The van der Waals surface area contributed by atoms with Crippen LogP contribution in [0, 0.1) is 5.92 Å². The van der Waals surface area contributed by atoms with Crippen LogP contribution in [0.3, 0.4) is 0 Å². The number of aromatic amines is 1. The number of carbonyl (C=O) groups excluding carboxylic acids is 1. The van der Waals surface area contributed by atoms with Gasteiger partial charge in [0.05, 0.1) is 18.5 Å². The van der Waals surface area contributed by atoms with Gasteiger partial charge in [-0.3, -0.25) is 9.59 Å². The molecule has 0 aromatic carbocycles. The third-order valence-corrected chi connectivity index (χ3v) is 4.52. The Labute approximate surface area is 143 Å². The zero-order valence-corrected chi connectivity index (χ0v) is 13.7. The standard InChI is InChI=1S/C19H18N2O4/c1-11-9-14(11)16-7-4-12(25-16)10-20-18(22)13-5-6-15(21-19(13)23)17-3-2-8-24-17/h2-8,11,14H,9-10H2,1H3,(H,20,22)(H,21,23)/t11-,14-/m1/s1. The van der Waals surface area contributed by atoms with Gasteiger partial charge in [0.25, 0.3) is 11.5 Å². The van der Waals surface area contributed by atoms with Crippen molar-refractivity contribution in [3.8, 4) is 11.5 Å². The van der Waals surface area contributed by atoms with Crippen LogP contribution in [-0.4, -0.2) is 10.9 Å². The number of hydrogen-bond acceptors (Lipinski definition) is 4. The maximum atomic E-state index is 12.2. The van der Waals surface area contributed by atoms with E-state index in [9.17, 15) is 9.59 Å². The second kappa shape index (κ2) is 6.12. The van der Waals surface area contributed by atoms with Crippen molar-refractivity contribution < 1.29 is 13.6 Å². The highest BCUT2D eigenvalue weighted by atomic mass is 16.3. The van der Waals surface area contributed by atoms with E-state index in [2.05, 4.69) is 17.2 Å². The third kappa shape index (κ3) is 3.15. The van der Waals surface area contributed by atoms with E-state index in [1.165, 1.54) is 12.3 Å². The fraction of sp³-hybridized carbons (Fsp3) is 0.263. The molecule has 1 fully saturated rings. The van der Waals surface area contributed by atoms with Gasteiger partial charge >= 0.3 is 0 Å². The minimum absolute atomic E-state index is 0.0536. The average Bonchev–Trinajstić information content (AvgIpc) is 3.04. The fourth-order valence-electron chi connectivity index (χ4n) is 2.90. The second-order valence-corrected chi connectivity index (χ2v) is 6.40. The second-order valence-electron chi connectivity index (χ2n) is 6.40. The lowest BCUT2D eigenvalue weighted by atomic mass is 10.2. The quantitative estimate of drug-likeness (QED) is 0.747. The number of nitrogens with one attached hydrogen (secondary N) is 2. The van der Waals surface area contributed by atoms with Crippen molar-refractivity contribution in [2.75, 3.05) is 0 Å². The molecule has 1 aliphatic carbocycles. The van der Waals surface area contributed by atoms with E-state index in [1.54, 1.807) is 18.2 Å². The van der Waals surface area contributed by atoms with Gasteiger partial charge in [-0.15, -0.1) is 0 Å². The minimum Gasteiger partial charge on any atom is -0.464 e. The Bertz CT molecular complexity index is 952. The van der Waals surface area contributed by atoms with E-state index in [4.69, 9.17) is 8.83 Å². The summed E-state index contributed by atoms with van der Waals surface area (Å²) in [6, 6.07) is 10.4. The first-order valence-corrected chi connectivity index (χ1v) is 8.26. The van der Waals surface area contributed by atoms with Gasteiger partial charge in [-0.25, -0.2) is 0 Å². The largest absolute Gasteiger partial charge is 0.464 e. The number of aromatic nitrogens is 1. The highest BCUT2D eigenvalue weighted by Gasteiger charge is 2.36. The van der Waals surface area contributed by atoms with Gasteiger partial charge in [-0.1, -0.05) is 6.92 Å². The van der Waals surface area contributed by atoms with Crippen molar-refractivity contribution in [1.82, 2.24) is 10.3 Å². The number of pyridine rings is 1. The first-order valence-electron chi connectivity index (χ1n) is 8.26. The molecule has 25 heavy (non-hydrogen) atoms. The Balaban J connectivity index is 1.42. The number of furan rings is 2. The van der Waals surface area contributed by atoms with Crippen LogP contribution in [0.15, 0.2) is 56.3 Å². The van der Waals surface area contributed by atoms with Gasteiger partial charge in [0.1, 0.15) is 22.8 Å². The molecule has 0 unspecified atom stereocenters. The van der Waals surface area contributed by atoms with Crippen molar-refractivity contribution >= 4 is 5.91 Å². The molecule has 3 heterocycles. The van der Waals surface area contributed by atoms with Gasteiger partial charge in [-0.05, 0) is 48.7 Å². The van der Waals surface area contributed by atoms with Crippen molar-refractivity contribution in [3.63, 3.8) is 0 Å². The molecule has 0 spiro atoms. The van der Waals surface area contributed by atoms with Crippen LogP contribution in [0.25, 0.3) is 11.5 Å². The van der Waals surface area contributed by atoms with Crippen LogP contribution in [0.4, 0.5) is 0 Å². The van der Waals surface area contributed by atoms with Crippen molar-refractivity contribution in [3.05, 3.63) is 70.1 Å². The molecular formula is C19H18N2O4. The molecule has 1 saturated carbocycles. The highest BCUT2D eigenvalue weighted by molar-refractivity contribution is 5.93. The number of H-pyrrole nitrogens is 1. The zero-order chi connectivity index (χ0) is 17.4. The number of rotatable bonds is 5. The maximum absolute atomic E-state index is 12.2. The van der Waals surface area contributed by atoms with Gasteiger partial charge in [0.2, 0.25) is 0 Å². The number of hydrogen-bond donors (Lipinski definition) is 2. The molecular weight excluding hydrogens is 320 g/mol. The van der Waals surface area contributed by atoms with E-state index in [1.807, 2.05) is 12.1 Å². The van der Waals surface area contributed by atoms with Crippen molar-refractivity contribution in [2.24, 2.45) is 5.92 Å². The van der Waals surface area contributed by atoms with E-state index in [0.29, 0.717) is 29.1 Å². The normalized spacial score (nSPS) is 18.9. The summed E-state index contributed by atoms with van der Waals surface area (Å²) in [5, 5.41) is 2.72. The summed E-state index contributed by atoms with van der Waals surface area (Å²) in [6.45, 7) is 2.44. The van der Waals surface area contributed by atoms with E-state index >= 15 is 0 Å². The summed E-state index contributed by atoms with van der Waals surface area (Å²) < 4.78 is 11.0. The topological polar surface area (TPSA) is 88.2 Å². The summed E-state index contributed by atoms with van der Waals surface area (Å²) in [6.07, 6.45) is 2.67. The molecule has 2 N–H and O–H groups in total. The predicted octanol–water partition coefficient (Wildman–Crippen LogP) is 3.28. The molecule has 0 radical (unpaired) electrons. The molecule has 6 heteroatoms. The fourth-order valence-corrected chi connectivity index (χ4v) is 2.90. The van der Waals surface area contributed by atoms with Crippen molar-refractivity contribution in [1.29, 1.82) is 0 Å². The van der Waals surface area contributed by atoms with Crippen LogP contribution in [0.1, 0.15) is 41.1 Å². The summed E-state index contributed by atoms with van der Waals surface area (Å²) in [5.74, 6) is 2.93. The third-order valence-electron chi connectivity index (χ3n) is 4.52. The lowest BCUT2D eigenvalue weighted by Gasteiger charge is -2.04. The number of amides is 1. The Morgan fingerprint density at radius 2 is 2.12 bits per heavy atom. The lowest BCUT2D eigenvalue weighted by molar-refractivity contribution is 0.0946. The Kier molecular flexibility index (Phi) is 3.80. The molecule has 2 atom stereocenters. The van der Waals surface area contributed by atoms with Crippen LogP contribution in [0.5, 0.6) is 0 Å². The van der Waals surface area contributed by atoms with Gasteiger partial charge in [0.15, 0.2) is 0 Å². The van der Waals surface area contributed by atoms with Crippen LogP contribution in [-0.2, 0) is 6.54 Å². The average molecular weight is 338 g/mol. The molecule has 1 aliphatic rings. The SMILES string of the molecule is C[C@@H]1C[C@H]1c1ccc(CNC(=O)c2ccc(-c3ccco3)[nH]c2=O)o1. The molecule has 3 aromatic rings. The minimum atomic E-state index is -0.460. The summed E-state index contributed by atoms with van der Waals surface area (Å²) in [7, 11) is 0. The summed E-state index contributed by atoms with van der Waals surface area (Å²) in [4.78, 5) is 27.0. The molecule has 0 bridgehead atoms. The zero-order valence-electron chi connectivity index (χ0n) is 13.7. The first-order chi connectivity index (χ1) is 12.1. The molecule has 6 nitrogen and oxygen atoms in total. The van der Waals surface area contributed by atoms with E-state index < -0.39 is 11.5 Å². The van der Waals surface area contributed by atoms with Crippen LogP contribution >= 0.6 is 0 Å². The molecule has 0 saturated heterocycles. The molecule has 3 aromatic heterocycles. The number of carbonyl (C=O) groups is 1. The van der Waals surface area contributed by atoms with Gasteiger partial charge in [0, 0.05) is 5.92 Å².